The van der Waals surface area contributed by atoms with Gasteiger partial charge in [-0.25, -0.2) is 13.4 Å². The van der Waals surface area contributed by atoms with E-state index in [1.165, 1.54) is 6.26 Å². The van der Waals surface area contributed by atoms with E-state index >= 15 is 0 Å². The van der Waals surface area contributed by atoms with Crippen LogP contribution in [-0.4, -0.2) is 24.2 Å². The van der Waals surface area contributed by atoms with Crippen LogP contribution in [0.15, 0.2) is 23.1 Å². The highest BCUT2D eigenvalue weighted by molar-refractivity contribution is 7.91. The zero-order valence-electron chi connectivity index (χ0n) is 10.9. The third-order valence-electron chi connectivity index (χ3n) is 2.85. The number of imidazole rings is 1. The van der Waals surface area contributed by atoms with Gasteiger partial charge in [0, 0.05) is 13.3 Å². The molecule has 0 saturated heterocycles. The molecular weight excluding hydrogens is 250 g/mol. The minimum absolute atomic E-state index is 0.242. The maximum atomic E-state index is 11.7. The first kappa shape index (κ1) is 13.0. The first-order chi connectivity index (χ1) is 8.12. The molecule has 2 rings (SSSR count). The highest BCUT2D eigenvalue weighted by Gasteiger charge is 2.24. The molecule has 1 aromatic heterocycles. The summed E-state index contributed by atoms with van der Waals surface area (Å²) >= 11 is 0. The zero-order valence-corrected chi connectivity index (χ0v) is 11.7. The average Bonchev–Trinajstić information content (AvgIpc) is 2.54. The molecule has 6 heteroatoms. The molecule has 0 unspecified atom stereocenters. The predicted molar refractivity (Wildman–Crippen MR) is 71.0 cm³/mol. The Hall–Kier alpha value is -1.40. The molecule has 1 heterocycles. The smallest absolute Gasteiger partial charge is 0.177 e. The van der Waals surface area contributed by atoms with Gasteiger partial charge in [-0.15, -0.1) is 0 Å². The van der Waals surface area contributed by atoms with Crippen molar-refractivity contribution in [1.82, 2.24) is 9.55 Å². The van der Waals surface area contributed by atoms with Crippen molar-refractivity contribution in [1.29, 1.82) is 0 Å². The Morgan fingerprint density at radius 2 is 1.94 bits per heavy atom. The summed E-state index contributed by atoms with van der Waals surface area (Å²) in [7, 11) is -1.46. The van der Waals surface area contributed by atoms with Gasteiger partial charge in [0.25, 0.3) is 0 Å². The second kappa shape index (κ2) is 3.80. The quantitative estimate of drug-likeness (QED) is 0.886. The Morgan fingerprint density at radius 3 is 2.44 bits per heavy atom. The number of nitrogens with zero attached hydrogens (tertiary/aromatic N) is 2. The Labute approximate surface area is 107 Å². The van der Waals surface area contributed by atoms with E-state index in [9.17, 15) is 8.42 Å². The standard InChI is InChI=1S/C12H17N3O2S/c1-12(2,13)11-14-10-8(15(11)3)6-5-7-9(10)18(4,16)17/h5-7H,13H2,1-4H3. The molecule has 98 valence electrons. The lowest BCUT2D eigenvalue weighted by Gasteiger charge is -2.17. The van der Waals surface area contributed by atoms with Gasteiger partial charge in [0.15, 0.2) is 9.84 Å². The molecule has 0 aliphatic heterocycles. The molecule has 0 radical (unpaired) electrons. The van der Waals surface area contributed by atoms with Crippen molar-refractivity contribution in [3.8, 4) is 0 Å². The van der Waals surface area contributed by atoms with E-state index in [0.717, 1.165) is 5.52 Å². The summed E-state index contributed by atoms with van der Waals surface area (Å²) in [6.07, 6.45) is 1.18. The lowest BCUT2D eigenvalue weighted by atomic mass is 10.1. The van der Waals surface area contributed by atoms with E-state index in [0.29, 0.717) is 11.3 Å². The SMILES string of the molecule is Cn1c(C(C)(C)N)nc2c(S(C)(=O)=O)cccc21. The number of rotatable bonds is 2. The van der Waals surface area contributed by atoms with Gasteiger partial charge in [-0.05, 0) is 26.0 Å². The van der Waals surface area contributed by atoms with Crippen molar-refractivity contribution in [2.45, 2.75) is 24.3 Å². The number of benzene rings is 1. The van der Waals surface area contributed by atoms with Gasteiger partial charge in [-0.1, -0.05) is 6.07 Å². The van der Waals surface area contributed by atoms with Gasteiger partial charge in [-0.3, -0.25) is 0 Å². The highest BCUT2D eigenvalue weighted by atomic mass is 32.2. The van der Waals surface area contributed by atoms with Gasteiger partial charge in [0.1, 0.15) is 11.3 Å². The fraction of sp³-hybridized carbons (Fsp3) is 0.417. The fourth-order valence-electron chi connectivity index (χ4n) is 2.06. The van der Waals surface area contributed by atoms with Gasteiger partial charge >= 0.3 is 0 Å². The summed E-state index contributed by atoms with van der Waals surface area (Å²) in [5, 5.41) is 0. The Kier molecular flexibility index (Phi) is 2.75. The first-order valence-corrected chi connectivity index (χ1v) is 7.46. The van der Waals surface area contributed by atoms with E-state index in [1.54, 1.807) is 12.1 Å². The van der Waals surface area contributed by atoms with Crippen LogP contribution in [-0.2, 0) is 22.4 Å². The molecule has 0 fully saturated rings. The van der Waals surface area contributed by atoms with Crippen molar-refractivity contribution in [3.05, 3.63) is 24.0 Å². The number of fused-ring (bicyclic) bond motifs is 1. The van der Waals surface area contributed by atoms with Crippen molar-refractivity contribution in [3.63, 3.8) is 0 Å². The number of hydrogen-bond donors (Lipinski definition) is 1. The maximum absolute atomic E-state index is 11.7. The van der Waals surface area contributed by atoms with Gasteiger partial charge in [0.05, 0.1) is 16.0 Å². The van der Waals surface area contributed by atoms with Crippen LogP contribution in [0.4, 0.5) is 0 Å². The van der Waals surface area contributed by atoms with Crippen LogP contribution < -0.4 is 5.73 Å². The zero-order chi connectivity index (χ0) is 13.7. The lowest BCUT2D eigenvalue weighted by Crippen LogP contribution is -2.32. The van der Waals surface area contributed by atoms with Crippen molar-refractivity contribution in [2.75, 3.05) is 6.26 Å². The number of nitrogens with two attached hydrogens (primary N) is 1. The Balaban J connectivity index is 2.90. The summed E-state index contributed by atoms with van der Waals surface area (Å²) in [5.74, 6) is 0.661. The lowest BCUT2D eigenvalue weighted by molar-refractivity contribution is 0.497. The summed E-state index contributed by atoms with van der Waals surface area (Å²) in [5.41, 5.74) is 6.68. The van der Waals surface area contributed by atoms with Crippen molar-refractivity contribution < 1.29 is 8.42 Å². The van der Waals surface area contributed by atoms with E-state index in [1.807, 2.05) is 31.5 Å². The largest absolute Gasteiger partial charge is 0.330 e. The Morgan fingerprint density at radius 1 is 1.33 bits per heavy atom. The first-order valence-electron chi connectivity index (χ1n) is 5.57. The number of para-hydroxylation sites is 1. The average molecular weight is 267 g/mol. The number of aromatic nitrogens is 2. The second-order valence-corrected chi connectivity index (χ2v) is 7.10. The second-order valence-electron chi connectivity index (χ2n) is 5.11. The molecule has 5 nitrogen and oxygen atoms in total. The van der Waals surface area contributed by atoms with Gasteiger partial charge in [-0.2, -0.15) is 0 Å². The molecule has 1 aromatic carbocycles. The van der Waals surface area contributed by atoms with E-state index in [-0.39, 0.29) is 4.90 Å². The van der Waals surface area contributed by atoms with E-state index in [4.69, 9.17) is 5.73 Å². The molecule has 2 aromatic rings. The number of hydrogen-bond acceptors (Lipinski definition) is 4. The maximum Gasteiger partial charge on any atom is 0.177 e. The third kappa shape index (κ3) is 2.02. The van der Waals surface area contributed by atoms with Crippen molar-refractivity contribution in [2.24, 2.45) is 12.8 Å². The van der Waals surface area contributed by atoms with E-state index in [2.05, 4.69) is 4.98 Å². The van der Waals surface area contributed by atoms with E-state index < -0.39 is 15.4 Å². The summed E-state index contributed by atoms with van der Waals surface area (Å²) in [6.45, 7) is 3.68. The highest BCUT2D eigenvalue weighted by Crippen LogP contribution is 2.26. The van der Waals surface area contributed by atoms with Crippen LogP contribution in [0.2, 0.25) is 0 Å². The molecule has 0 saturated carbocycles. The molecule has 0 spiro atoms. The third-order valence-corrected chi connectivity index (χ3v) is 3.98. The van der Waals surface area contributed by atoms with Gasteiger partial charge in [0.2, 0.25) is 0 Å². The number of aryl methyl sites for hydroxylation is 1. The topological polar surface area (TPSA) is 78.0 Å². The molecule has 0 amide bonds. The molecule has 2 N–H and O–H groups in total. The molecule has 18 heavy (non-hydrogen) atoms. The summed E-state index contributed by atoms with van der Waals surface area (Å²) in [4.78, 5) is 4.65. The number of sulfone groups is 1. The normalized spacial score (nSPS) is 13.2. The summed E-state index contributed by atoms with van der Waals surface area (Å²) in [6, 6.07) is 5.12. The van der Waals surface area contributed by atoms with Crippen LogP contribution in [0.25, 0.3) is 11.0 Å². The van der Waals surface area contributed by atoms with Crippen LogP contribution in [0, 0.1) is 0 Å². The van der Waals surface area contributed by atoms with Crippen LogP contribution in [0.5, 0.6) is 0 Å². The monoisotopic (exact) mass is 267 g/mol. The molecule has 0 aliphatic rings. The molecular formula is C12H17N3O2S. The fourth-order valence-corrected chi connectivity index (χ4v) is 2.89. The van der Waals surface area contributed by atoms with Crippen LogP contribution in [0.1, 0.15) is 19.7 Å². The Bertz CT molecular complexity index is 709. The predicted octanol–water partition coefficient (Wildman–Crippen LogP) is 1.17. The van der Waals surface area contributed by atoms with Gasteiger partial charge < -0.3 is 10.3 Å². The molecule has 0 atom stereocenters. The molecule has 0 bridgehead atoms. The van der Waals surface area contributed by atoms with Crippen LogP contribution >= 0.6 is 0 Å². The van der Waals surface area contributed by atoms with Crippen LogP contribution in [0.3, 0.4) is 0 Å². The van der Waals surface area contributed by atoms with Crippen molar-refractivity contribution >= 4 is 20.9 Å². The minimum Gasteiger partial charge on any atom is -0.330 e. The minimum atomic E-state index is -3.29. The summed E-state index contributed by atoms with van der Waals surface area (Å²) < 4.78 is 25.3. The molecule has 0 aliphatic carbocycles.